The van der Waals surface area contributed by atoms with E-state index in [1.165, 1.54) is 27.8 Å². The molecule has 2 aromatic rings. The molecule has 0 aliphatic heterocycles. The maximum absolute atomic E-state index is 5.87. The molecular weight excluding hydrogens is 290 g/mol. The number of alkyl halides is 1. The van der Waals surface area contributed by atoms with Crippen molar-refractivity contribution in [2.45, 2.75) is 19.3 Å². The Bertz CT molecular complexity index is 625. The summed E-state index contributed by atoms with van der Waals surface area (Å²) in [4.78, 5) is 2.13. The molecule has 0 spiro atoms. The molecule has 0 amide bonds. The summed E-state index contributed by atoms with van der Waals surface area (Å²) in [6, 6.07) is 18.2. The first kappa shape index (κ1) is 15.3. The predicted molar refractivity (Wildman–Crippen MR) is 95.3 cm³/mol. The molecule has 114 valence electrons. The Morgan fingerprint density at radius 3 is 2.05 bits per heavy atom. The van der Waals surface area contributed by atoms with Crippen LogP contribution in [0.5, 0.6) is 0 Å². The van der Waals surface area contributed by atoms with Gasteiger partial charge in [0.25, 0.3) is 0 Å². The van der Waals surface area contributed by atoms with Gasteiger partial charge >= 0.3 is 0 Å². The van der Waals surface area contributed by atoms with E-state index in [1.807, 2.05) is 0 Å². The van der Waals surface area contributed by atoms with Gasteiger partial charge in [0.15, 0.2) is 0 Å². The first-order valence-electron chi connectivity index (χ1n) is 7.91. The van der Waals surface area contributed by atoms with Crippen molar-refractivity contribution in [2.24, 2.45) is 0 Å². The number of hydrogen-bond donors (Lipinski definition) is 0. The molecule has 1 aliphatic rings. The highest BCUT2D eigenvalue weighted by atomic mass is 35.5. The molecule has 22 heavy (non-hydrogen) atoms. The molecule has 0 saturated heterocycles. The fourth-order valence-electron chi connectivity index (χ4n) is 3.13. The van der Waals surface area contributed by atoms with E-state index in [2.05, 4.69) is 66.6 Å². The third-order valence-corrected chi connectivity index (χ3v) is 4.75. The van der Waals surface area contributed by atoms with Crippen LogP contribution in [0.15, 0.2) is 54.6 Å². The molecule has 0 radical (unpaired) electrons. The van der Waals surface area contributed by atoms with Gasteiger partial charge in [0.1, 0.15) is 0 Å². The first-order chi connectivity index (χ1) is 10.8. The lowest BCUT2D eigenvalue weighted by molar-refractivity contribution is 0.397. The number of fused-ring (bicyclic) bond motifs is 2. The summed E-state index contributed by atoms with van der Waals surface area (Å²) in [5, 5.41) is 0. The quantitative estimate of drug-likeness (QED) is 0.582. The molecule has 0 atom stereocenters. The highest BCUT2D eigenvalue weighted by Crippen LogP contribution is 2.33. The van der Waals surface area contributed by atoms with E-state index in [4.69, 9.17) is 11.6 Å². The molecule has 0 N–H and O–H groups in total. The lowest BCUT2D eigenvalue weighted by atomic mass is 9.93. The SMILES string of the molecule is CN(CCl)CCC=C1c2ccccc2CCc2ccccc21. The summed E-state index contributed by atoms with van der Waals surface area (Å²) < 4.78 is 0. The van der Waals surface area contributed by atoms with Crippen molar-refractivity contribution in [3.8, 4) is 0 Å². The zero-order chi connectivity index (χ0) is 15.4. The summed E-state index contributed by atoms with van der Waals surface area (Å²) in [5.74, 6) is 0. The molecule has 1 nitrogen and oxygen atoms in total. The summed E-state index contributed by atoms with van der Waals surface area (Å²) in [5.41, 5.74) is 7.07. The van der Waals surface area contributed by atoms with Crippen molar-refractivity contribution in [1.29, 1.82) is 0 Å². The Balaban J connectivity index is 2.00. The normalized spacial score (nSPS) is 13.5. The first-order valence-corrected chi connectivity index (χ1v) is 8.44. The van der Waals surface area contributed by atoms with E-state index in [-0.39, 0.29) is 0 Å². The van der Waals surface area contributed by atoms with Gasteiger partial charge in [-0.05, 0) is 54.1 Å². The second-order valence-corrected chi connectivity index (χ2v) is 6.16. The van der Waals surface area contributed by atoms with Crippen LogP contribution < -0.4 is 0 Å². The van der Waals surface area contributed by atoms with Crippen LogP contribution in [0.1, 0.15) is 28.7 Å². The fraction of sp³-hybridized carbons (Fsp3) is 0.300. The van der Waals surface area contributed by atoms with Gasteiger partial charge in [-0.1, -0.05) is 54.6 Å². The van der Waals surface area contributed by atoms with E-state index in [9.17, 15) is 0 Å². The van der Waals surface area contributed by atoms with E-state index in [0.29, 0.717) is 6.00 Å². The van der Waals surface area contributed by atoms with Crippen molar-refractivity contribution < 1.29 is 0 Å². The number of benzene rings is 2. The standard InChI is InChI=1S/C20H22ClN/c1-22(15-21)14-6-11-20-18-9-4-2-7-16(18)12-13-17-8-3-5-10-19(17)20/h2-5,7-11H,6,12-15H2,1H3. The van der Waals surface area contributed by atoms with E-state index in [0.717, 1.165) is 25.8 Å². The van der Waals surface area contributed by atoms with Crippen LogP contribution in [-0.2, 0) is 12.8 Å². The van der Waals surface area contributed by atoms with Crippen LogP contribution >= 0.6 is 11.6 Å². The second-order valence-electron chi connectivity index (χ2n) is 5.92. The van der Waals surface area contributed by atoms with Crippen LogP contribution in [0.25, 0.3) is 5.57 Å². The maximum Gasteiger partial charge on any atom is 0.0736 e. The molecule has 1 aliphatic carbocycles. The molecular formula is C20H22ClN. The Kier molecular flexibility index (Phi) is 4.97. The number of hydrogen-bond acceptors (Lipinski definition) is 1. The zero-order valence-corrected chi connectivity index (χ0v) is 13.8. The van der Waals surface area contributed by atoms with Gasteiger partial charge in [-0.25, -0.2) is 0 Å². The monoisotopic (exact) mass is 311 g/mol. The van der Waals surface area contributed by atoms with E-state index in [1.54, 1.807) is 0 Å². The highest BCUT2D eigenvalue weighted by Gasteiger charge is 2.16. The average Bonchev–Trinajstić information content (AvgIpc) is 2.72. The molecule has 2 aromatic carbocycles. The molecule has 0 heterocycles. The highest BCUT2D eigenvalue weighted by molar-refractivity contribution is 6.17. The van der Waals surface area contributed by atoms with Gasteiger partial charge in [0.2, 0.25) is 0 Å². The summed E-state index contributed by atoms with van der Waals surface area (Å²) in [6.45, 7) is 0.983. The molecule has 0 fully saturated rings. The molecule has 0 bridgehead atoms. The van der Waals surface area contributed by atoms with Gasteiger partial charge in [0, 0.05) is 6.54 Å². The third kappa shape index (κ3) is 3.26. The van der Waals surface area contributed by atoms with Crippen LogP contribution in [0.2, 0.25) is 0 Å². The average molecular weight is 312 g/mol. The topological polar surface area (TPSA) is 3.24 Å². The molecule has 2 heteroatoms. The van der Waals surface area contributed by atoms with Gasteiger partial charge in [-0.3, -0.25) is 4.90 Å². The minimum atomic E-state index is 0.580. The largest absolute Gasteiger partial charge is 0.293 e. The molecule has 0 aromatic heterocycles. The lowest BCUT2D eigenvalue weighted by Gasteiger charge is -2.14. The number of rotatable bonds is 4. The predicted octanol–water partition coefficient (Wildman–Crippen LogP) is 4.74. The van der Waals surface area contributed by atoms with Gasteiger partial charge < -0.3 is 0 Å². The van der Waals surface area contributed by atoms with E-state index < -0.39 is 0 Å². The Labute approximate surface area is 138 Å². The van der Waals surface area contributed by atoms with Crippen LogP contribution in [-0.4, -0.2) is 24.5 Å². The van der Waals surface area contributed by atoms with Crippen molar-refractivity contribution in [3.05, 3.63) is 76.9 Å². The number of halogens is 1. The lowest BCUT2D eigenvalue weighted by Crippen LogP contribution is -2.16. The zero-order valence-electron chi connectivity index (χ0n) is 13.1. The number of nitrogens with zero attached hydrogens (tertiary/aromatic N) is 1. The van der Waals surface area contributed by atoms with Gasteiger partial charge in [0.05, 0.1) is 6.00 Å². The smallest absolute Gasteiger partial charge is 0.0736 e. The van der Waals surface area contributed by atoms with Crippen LogP contribution in [0.3, 0.4) is 0 Å². The Morgan fingerprint density at radius 1 is 0.955 bits per heavy atom. The Hall–Kier alpha value is -1.57. The summed E-state index contributed by atoms with van der Waals surface area (Å²) >= 11 is 5.87. The van der Waals surface area contributed by atoms with Crippen LogP contribution in [0.4, 0.5) is 0 Å². The maximum atomic E-state index is 5.87. The van der Waals surface area contributed by atoms with E-state index >= 15 is 0 Å². The van der Waals surface area contributed by atoms with Gasteiger partial charge in [-0.2, -0.15) is 0 Å². The van der Waals surface area contributed by atoms with Crippen molar-refractivity contribution in [2.75, 3.05) is 19.6 Å². The minimum absolute atomic E-state index is 0.580. The molecule has 0 saturated carbocycles. The Morgan fingerprint density at radius 2 is 1.50 bits per heavy atom. The third-order valence-electron chi connectivity index (χ3n) is 4.34. The fourth-order valence-corrected chi connectivity index (χ4v) is 3.25. The second kappa shape index (κ2) is 7.13. The van der Waals surface area contributed by atoms with Crippen molar-refractivity contribution in [3.63, 3.8) is 0 Å². The number of aryl methyl sites for hydroxylation is 2. The molecule has 3 rings (SSSR count). The van der Waals surface area contributed by atoms with Crippen molar-refractivity contribution in [1.82, 2.24) is 4.90 Å². The van der Waals surface area contributed by atoms with Crippen LogP contribution in [0, 0.1) is 0 Å². The summed E-state index contributed by atoms with van der Waals surface area (Å²) in [6.07, 6.45) is 5.63. The summed E-state index contributed by atoms with van der Waals surface area (Å²) in [7, 11) is 2.06. The molecule has 0 unspecified atom stereocenters. The van der Waals surface area contributed by atoms with Crippen molar-refractivity contribution >= 4 is 17.2 Å². The minimum Gasteiger partial charge on any atom is -0.293 e. The van der Waals surface area contributed by atoms with Gasteiger partial charge in [-0.15, -0.1) is 11.6 Å².